The molecule has 4 heterocycles. The monoisotopic (exact) mass is 1580 g/mol. The zero-order valence-electron chi connectivity index (χ0n) is 64.5. The molecule has 5 aliphatic rings. The van der Waals surface area contributed by atoms with Crippen LogP contribution in [0.15, 0.2) is 243 Å². The average molecular weight is 1590 g/mol. The molecule has 5 aliphatic carbocycles. The van der Waals surface area contributed by atoms with Crippen molar-refractivity contribution < 1.29 is 19.2 Å². The fourth-order valence-corrected chi connectivity index (χ4v) is 16.8. The lowest BCUT2D eigenvalue weighted by atomic mass is 9.88. The number of para-hydroxylation sites is 6. The molecular formula is C96H95Cl3N12O4. The lowest BCUT2D eigenvalue weighted by molar-refractivity contribution is -0.121. The second-order valence-electron chi connectivity index (χ2n) is 30.6. The highest BCUT2D eigenvalue weighted by Crippen LogP contribution is 2.41. The smallest absolute Gasteiger partial charge is 0.227 e. The number of benzene rings is 9. The Morgan fingerprint density at radius 3 is 1.09 bits per heavy atom. The molecular weight excluding hydrogens is 1490 g/mol. The van der Waals surface area contributed by atoms with Crippen LogP contribution in [0.4, 0.5) is 74.5 Å². The standard InChI is InChI=1S/C31H31N3O.C22H21Cl2N3O.C22H23N3O.C21H20ClN3O/c35-31(23-10-3-1-4-11-23)33-29-21-30(32-28-17-8-7-16-27(28)29)34(25-14-5-2-6-15-25)26-19-18-22-12-9-13-24(22)20-26;23-17-11-10-15(12-18(17)24)25-21-13-20(16-8-4-5-9-19(16)26-21)27-22(28)14-6-2-1-3-7-14;26-22(16-9-3-1-4-10-16)25-20-15-21(23-17-11-5-2-6-12-17)24-19-14-8-7-13-18(19)20;22-15-9-11-16(12-10-15)23-20-13-19(17-7-3-4-8-18(17)24-20)25-21(26)14-5-1-2-6-14/h2,5-8,14-21,23H,1,3-4,9-13H2,(H,32,33,35);4-5,8-14H,1-3,6-7H2,(H2,25,26,27,28);2,5-8,11-16H,1,3-4,9-10H2,(H2,23,24,25,26);3-4,7-14H,1-2,5-6H2,(H2,23,24,25,26). The van der Waals surface area contributed by atoms with Crippen molar-refractivity contribution in [3.63, 3.8) is 0 Å². The normalized spacial score (nSPS) is 15.0. The van der Waals surface area contributed by atoms with Crippen LogP contribution in [0.3, 0.4) is 0 Å². The molecule has 9 aromatic carbocycles. The number of halogens is 3. The number of hydrogen-bond acceptors (Lipinski definition) is 12. The van der Waals surface area contributed by atoms with Crippen molar-refractivity contribution in [1.29, 1.82) is 0 Å². The number of rotatable bonds is 17. The van der Waals surface area contributed by atoms with Gasteiger partial charge in [0.05, 0.1) is 54.9 Å². The topological polar surface area (TPSA) is 207 Å². The second-order valence-corrected chi connectivity index (χ2v) is 31.8. The Balaban J connectivity index is 0.000000122. The van der Waals surface area contributed by atoms with E-state index in [-0.39, 0.29) is 47.3 Å². The van der Waals surface area contributed by atoms with Gasteiger partial charge in [-0.2, -0.15) is 0 Å². The molecule has 0 aliphatic heterocycles. The zero-order valence-corrected chi connectivity index (χ0v) is 66.7. The van der Waals surface area contributed by atoms with Crippen molar-refractivity contribution in [2.24, 2.45) is 23.7 Å². The van der Waals surface area contributed by atoms with Gasteiger partial charge in [-0.25, -0.2) is 19.9 Å². The molecule has 4 amide bonds. The number of pyridine rings is 4. The maximum absolute atomic E-state index is 13.2. The van der Waals surface area contributed by atoms with Crippen molar-refractivity contribution in [1.82, 2.24) is 19.9 Å². The number of carbonyl (C=O) groups is 4. The van der Waals surface area contributed by atoms with E-state index >= 15 is 0 Å². The molecule has 0 radical (unpaired) electrons. The molecule has 4 aromatic heterocycles. The molecule has 16 nitrogen and oxygen atoms in total. The number of anilines is 13. The van der Waals surface area contributed by atoms with E-state index < -0.39 is 0 Å². The van der Waals surface area contributed by atoms with Crippen LogP contribution >= 0.6 is 34.8 Å². The summed E-state index contributed by atoms with van der Waals surface area (Å²) in [5, 5.41) is 28.0. The van der Waals surface area contributed by atoms with Crippen molar-refractivity contribution in [2.75, 3.05) is 42.1 Å². The lowest BCUT2D eigenvalue weighted by Crippen LogP contribution is -2.25. The first kappa shape index (κ1) is 78.8. The fourth-order valence-electron chi connectivity index (χ4n) is 16.4. The fraction of sp³-hybridized carbons (Fsp3) is 0.271. The molecule has 13 aromatic rings. The third-order valence-corrected chi connectivity index (χ3v) is 23.5. The highest BCUT2D eigenvalue weighted by Gasteiger charge is 2.28. The van der Waals surface area contributed by atoms with Gasteiger partial charge in [0, 0.05) is 103 Å². The highest BCUT2D eigenvalue weighted by molar-refractivity contribution is 6.42. The summed E-state index contributed by atoms with van der Waals surface area (Å²) in [6.45, 7) is 0. The van der Waals surface area contributed by atoms with Crippen LogP contribution in [0.25, 0.3) is 43.6 Å². The van der Waals surface area contributed by atoms with Crippen LogP contribution in [-0.2, 0) is 32.0 Å². The van der Waals surface area contributed by atoms with Gasteiger partial charge in [0.1, 0.15) is 23.3 Å². The van der Waals surface area contributed by atoms with Gasteiger partial charge in [-0.05, 0) is 185 Å². The number of aromatic nitrogens is 4. The van der Waals surface area contributed by atoms with Gasteiger partial charge in [0.2, 0.25) is 23.6 Å². The minimum atomic E-state index is 0.0900. The Kier molecular flexibility index (Phi) is 26.1. The molecule has 7 N–H and O–H groups in total. The predicted octanol–water partition coefficient (Wildman–Crippen LogP) is 25.8. The summed E-state index contributed by atoms with van der Waals surface area (Å²) < 4.78 is 0. The molecule has 0 unspecified atom stereocenters. The van der Waals surface area contributed by atoms with Gasteiger partial charge in [-0.3, -0.25) is 24.1 Å². The lowest BCUT2D eigenvalue weighted by Gasteiger charge is -2.26. The summed E-state index contributed by atoms with van der Waals surface area (Å²) in [4.78, 5) is 72.6. The summed E-state index contributed by atoms with van der Waals surface area (Å²) in [5.74, 6) is 3.77. The van der Waals surface area contributed by atoms with E-state index in [1.807, 2.05) is 188 Å². The first-order chi connectivity index (χ1) is 56.3. The van der Waals surface area contributed by atoms with Gasteiger partial charge in [-0.15, -0.1) is 0 Å². The number of aryl methyl sites for hydroxylation is 2. The maximum atomic E-state index is 13.2. The largest absolute Gasteiger partial charge is 0.340 e. The van der Waals surface area contributed by atoms with Gasteiger partial charge in [-0.1, -0.05) is 221 Å². The summed E-state index contributed by atoms with van der Waals surface area (Å²) >= 11 is 18.1. The summed E-state index contributed by atoms with van der Waals surface area (Å²) in [6.07, 6.45) is 24.1. The molecule has 0 bridgehead atoms. The number of carbonyl (C=O) groups excluding carboxylic acids is 4. The van der Waals surface area contributed by atoms with Crippen LogP contribution < -0.4 is 42.1 Å². The number of amides is 4. The zero-order chi connectivity index (χ0) is 78.8. The molecule has 115 heavy (non-hydrogen) atoms. The van der Waals surface area contributed by atoms with E-state index in [0.29, 0.717) is 26.7 Å². The predicted molar refractivity (Wildman–Crippen MR) is 474 cm³/mol. The second kappa shape index (κ2) is 38.1. The van der Waals surface area contributed by atoms with E-state index in [1.54, 1.807) is 12.1 Å². The quantitative estimate of drug-likeness (QED) is 0.0455. The third kappa shape index (κ3) is 20.4. The minimum absolute atomic E-state index is 0.0900. The summed E-state index contributed by atoms with van der Waals surface area (Å²) in [7, 11) is 0. The molecule has 19 heteroatoms. The van der Waals surface area contributed by atoms with Gasteiger partial charge >= 0.3 is 0 Å². The Morgan fingerprint density at radius 1 is 0.296 bits per heavy atom. The van der Waals surface area contributed by atoms with Crippen LogP contribution in [0, 0.1) is 23.7 Å². The molecule has 0 saturated heterocycles. The van der Waals surface area contributed by atoms with Crippen LogP contribution in [-0.4, -0.2) is 43.6 Å². The maximum Gasteiger partial charge on any atom is 0.227 e. The van der Waals surface area contributed by atoms with Crippen LogP contribution in [0.2, 0.25) is 15.1 Å². The minimum Gasteiger partial charge on any atom is -0.340 e. The molecule has 0 atom stereocenters. The Morgan fingerprint density at radius 2 is 0.652 bits per heavy atom. The number of fused-ring (bicyclic) bond motifs is 5. The van der Waals surface area contributed by atoms with Crippen LogP contribution in [0.1, 0.15) is 140 Å². The molecule has 4 saturated carbocycles. The molecule has 18 rings (SSSR count). The van der Waals surface area contributed by atoms with Gasteiger partial charge in [0.15, 0.2) is 0 Å². The van der Waals surface area contributed by atoms with E-state index in [2.05, 4.69) is 99.5 Å². The van der Waals surface area contributed by atoms with E-state index in [4.69, 9.17) is 39.8 Å². The number of nitrogens with one attached hydrogen (secondary N) is 7. The van der Waals surface area contributed by atoms with Crippen molar-refractivity contribution in [3.8, 4) is 0 Å². The summed E-state index contributed by atoms with van der Waals surface area (Å²) in [5.41, 5.74) is 14.3. The molecule has 4 fully saturated rings. The molecule has 584 valence electrons. The van der Waals surface area contributed by atoms with Crippen molar-refractivity contribution >= 4 is 177 Å². The Labute approximate surface area is 687 Å². The first-order valence-corrected chi connectivity index (χ1v) is 41.8. The average Bonchev–Trinajstić information content (AvgIpc) is 1.45. The van der Waals surface area contributed by atoms with Crippen molar-refractivity contribution in [3.05, 3.63) is 269 Å². The van der Waals surface area contributed by atoms with E-state index in [0.717, 1.165) is 222 Å². The Hall–Kier alpha value is -11.4. The Bertz CT molecular complexity index is 5580. The first-order valence-electron chi connectivity index (χ1n) is 40.7. The molecule has 0 spiro atoms. The number of hydrogen-bond donors (Lipinski definition) is 7. The van der Waals surface area contributed by atoms with Gasteiger partial charge in [0.25, 0.3) is 0 Å². The van der Waals surface area contributed by atoms with Crippen molar-refractivity contribution in [2.45, 2.75) is 141 Å². The third-order valence-electron chi connectivity index (χ3n) is 22.5. The van der Waals surface area contributed by atoms with Gasteiger partial charge < -0.3 is 37.2 Å². The number of nitrogens with zero attached hydrogens (tertiary/aromatic N) is 5. The SMILES string of the molecule is O=C(Nc1cc(N(c2ccccc2)c2ccc3c(c2)CCC3)nc2ccccc12)C1CCCCC1.O=C(Nc1cc(Nc2ccc(Cl)c(Cl)c2)nc2ccccc12)C1CCCCC1.O=C(Nc1cc(Nc2ccc(Cl)cc2)nc2ccccc12)C1CCCC1.O=C(Nc1cc(Nc2ccccc2)nc2ccccc12)C1CCCCC1. The highest BCUT2D eigenvalue weighted by atomic mass is 35.5. The van der Waals surface area contributed by atoms with E-state index in [9.17, 15) is 19.2 Å². The summed E-state index contributed by atoms with van der Waals surface area (Å²) in [6, 6.07) is 79.3. The van der Waals surface area contributed by atoms with Crippen LogP contribution in [0.5, 0.6) is 0 Å². The van der Waals surface area contributed by atoms with E-state index in [1.165, 1.54) is 36.8 Å².